The van der Waals surface area contributed by atoms with E-state index in [1.807, 2.05) is 13.8 Å². The fraction of sp³-hybridized carbons (Fsp3) is 0.938. The first-order valence-corrected chi connectivity index (χ1v) is 7.96. The molecule has 19 heavy (non-hydrogen) atoms. The molecular formula is C16H32O3. The zero-order valence-corrected chi connectivity index (χ0v) is 13.1. The second-order valence-corrected chi connectivity index (χ2v) is 5.63. The van der Waals surface area contributed by atoms with Crippen molar-refractivity contribution in [2.75, 3.05) is 13.2 Å². The lowest BCUT2D eigenvalue weighted by Gasteiger charge is -2.07. The summed E-state index contributed by atoms with van der Waals surface area (Å²) in [6.45, 7) is 7.19. The summed E-state index contributed by atoms with van der Waals surface area (Å²) in [5.41, 5.74) is 0. The summed E-state index contributed by atoms with van der Waals surface area (Å²) in [4.78, 5) is 11.1. The molecule has 0 radical (unpaired) electrons. The molecule has 0 amide bonds. The SMILES string of the molecule is CCCCCCCCCCCOC(=O)OCC(C)C. The fourth-order valence-electron chi connectivity index (χ4n) is 1.84. The number of hydrogen-bond donors (Lipinski definition) is 0. The molecule has 0 unspecified atom stereocenters. The number of carbonyl (C=O) groups excluding carboxylic acids is 1. The quantitative estimate of drug-likeness (QED) is 0.356. The van der Waals surface area contributed by atoms with Crippen molar-refractivity contribution in [1.29, 1.82) is 0 Å². The molecule has 3 heteroatoms. The Hall–Kier alpha value is -0.730. The van der Waals surface area contributed by atoms with E-state index in [1.165, 1.54) is 44.9 Å². The Morgan fingerprint density at radius 3 is 1.89 bits per heavy atom. The summed E-state index contributed by atoms with van der Waals surface area (Å²) in [5.74, 6) is 0.361. The van der Waals surface area contributed by atoms with E-state index in [0.29, 0.717) is 19.1 Å². The van der Waals surface area contributed by atoms with Gasteiger partial charge >= 0.3 is 6.16 Å². The molecule has 0 aromatic heterocycles. The third kappa shape index (κ3) is 15.2. The average molecular weight is 272 g/mol. The number of hydrogen-bond acceptors (Lipinski definition) is 3. The Morgan fingerprint density at radius 2 is 1.37 bits per heavy atom. The van der Waals surface area contributed by atoms with Gasteiger partial charge in [0, 0.05) is 0 Å². The van der Waals surface area contributed by atoms with E-state index in [2.05, 4.69) is 6.92 Å². The predicted molar refractivity (Wildman–Crippen MR) is 79.4 cm³/mol. The third-order valence-corrected chi connectivity index (χ3v) is 3.00. The minimum Gasteiger partial charge on any atom is -0.434 e. The van der Waals surface area contributed by atoms with Gasteiger partial charge in [-0.2, -0.15) is 0 Å². The van der Waals surface area contributed by atoms with Crippen molar-refractivity contribution < 1.29 is 14.3 Å². The fourth-order valence-corrected chi connectivity index (χ4v) is 1.84. The molecule has 0 saturated heterocycles. The smallest absolute Gasteiger partial charge is 0.434 e. The number of rotatable bonds is 12. The minimum absolute atomic E-state index is 0.361. The second-order valence-electron chi connectivity index (χ2n) is 5.63. The molecule has 0 spiro atoms. The van der Waals surface area contributed by atoms with Crippen molar-refractivity contribution in [1.82, 2.24) is 0 Å². The maximum Gasteiger partial charge on any atom is 0.508 e. The van der Waals surface area contributed by atoms with E-state index in [0.717, 1.165) is 12.8 Å². The van der Waals surface area contributed by atoms with Crippen LogP contribution in [0.1, 0.15) is 78.6 Å². The first-order valence-electron chi connectivity index (χ1n) is 7.96. The van der Waals surface area contributed by atoms with Crippen LogP contribution in [0, 0.1) is 5.92 Å². The van der Waals surface area contributed by atoms with Gasteiger partial charge in [-0.1, -0.05) is 72.1 Å². The molecule has 0 aliphatic carbocycles. The predicted octanol–water partition coefficient (Wildman–Crippen LogP) is 5.33. The molecule has 0 atom stereocenters. The van der Waals surface area contributed by atoms with Crippen molar-refractivity contribution in [3.05, 3.63) is 0 Å². The Kier molecular flexibility index (Phi) is 13.2. The highest BCUT2D eigenvalue weighted by molar-refractivity contribution is 5.59. The monoisotopic (exact) mass is 272 g/mol. The third-order valence-electron chi connectivity index (χ3n) is 3.00. The van der Waals surface area contributed by atoms with Gasteiger partial charge in [-0.15, -0.1) is 0 Å². The topological polar surface area (TPSA) is 35.5 Å². The summed E-state index contributed by atoms with van der Waals surface area (Å²) in [6.07, 6.45) is 10.9. The number of ether oxygens (including phenoxy) is 2. The van der Waals surface area contributed by atoms with Crippen LogP contribution in [0.15, 0.2) is 0 Å². The molecule has 0 bridgehead atoms. The van der Waals surface area contributed by atoms with Crippen LogP contribution in [0.3, 0.4) is 0 Å². The molecule has 0 heterocycles. The van der Waals surface area contributed by atoms with Crippen LogP contribution in [0.5, 0.6) is 0 Å². The van der Waals surface area contributed by atoms with Crippen LogP contribution in [0.4, 0.5) is 4.79 Å². The van der Waals surface area contributed by atoms with Gasteiger partial charge in [0.05, 0.1) is 13.2 Å². The van der Waals surface area contributed by atoms with Gasteiger partial charge < -0.3 is 9.47 Å². The average Bonchev–Trinajstić information content (AvgIpc) is 2.38. The van der Waals surface area contributed by atoms with E-state index in [-0.39, 0.29) is 0 Å². The van der Waals surface area contributed by atoms with Crippen LogP contribution < -0.4 is 0 Å². The molecule has 0 fully saturated rings. The minimum atomic E-state index is -0.520. The zero-order chi connectivity index (χ0) is 14.3. The van der Waals surface area contributed by atoms with Gasteiger partial charge in [0.2, 0.25) is 0 Å². The van der Waals surface area contributed by atoms with Crippen molar-refractivity contribution >= 4 is 6.16 Å². The molecule has 3 nitrogen and oxygen atoms in total. The molecular weight excluding hydrogens is 240 g/mol. The van der Waals surface area contributed by atoms with E-state index in [4.69, 9.17) is 9.47 Å². The van der Waals surface area contributed by atoms with Gasteiger partial charge in [-0.05, 0) is 12.3 Å². The van der Waals surface area contributed by atoms with Crippen molar-refractivity contribution in [2.45, 2.75) is 78.6 Å². The van der Waals surface area contributed by atoms with Gasteiger partial charge in [0.15, 0.2) is 0 Å². The Bertz CT molecular complexity index is 202. The normalized spacial score (nSPS) is 10.7. The summed E-state index contributed by atoms with van der Waals surface area (Å²) < 4.78 is 9.92. The Morgan fingerprint density at radius 1 is 0.842 bits per heavy atom. The summed E-state index contributed by atoms with van der Waals surface area (Å²) in [7, 11) is 0. The standard InChI is InChI=1S/C16H32O3/c1-4-5-6-7-8-9-10-11-12-13-18-16(17)19-14-15(2)3/h15H,4-14H2,1-3H3. The first kappa shape index (κ1) is 18.3. The number of unbranched alkanes of at least 4 members (excludes halogenated alkanes) is 8. The molecule has 0 rings (SSSR count). The lowest BCUT2D eigenvalue weighted by atomic mass is 10.1. The molecule has 0 aromatic rings. The maximum absolute atomic E-state index is 11.1. The maximum atomic E-state index is 11.1. The van der Waals surface area contributed by atoms with Gasteiger partial charge in [-0.3, -0.25) is 0 Å². The summed E-state index contributed by atoms with van der Waals surface area (Å²) in [6, 6.07) is 0. The molecule has 0 aliphatic heterocycles. The van der Waals surface area contributed by atoms with Gasteiger partial charge in [0.1, 0.15) is 0 Å². The molecule has 0 aliphatic rings. The first-order chi connectivity index (χ1) is 9.16. The molecule has 114 valence electrons. The largest absolute Gasteiger partial charge is 0.508 e. The summed E-state index contributed by atoms with van der Waals surface area (Å²) in [5, 5.41) is 0. The summed E-state index contributed by atoms with van der Waals surface area (Å²) >= 11 is 0. The number of carbonyl (C=O) groups is 1. The van der Waals surface area contributed by atoms with Crippen LogP contribution in [0.25, 0.3) is 0 Å². The van der Waals surface area contributed by atoms with Gasteiger partial charge in [-0.25, -0.2) is 4.79 Å². The molecule has 0 N–H and O–H groups in total. The van der Waals surface area contributed by atoms with Crippen LogP contribution >= 0.6 is 0 Å². The molecule has 0 aromatic carbocycles. The highest BCUT2D eigenvalue weighted by Gasteiger charge is 2.04. The van der Waals surface area contributed by atoms with Crippen molar-refractivity contribution in [2.24, 2.45) is 5.92 Å². The van der Waals surface area contributed by atoms with Crippen LogP contribution in [-0.2, 0) is 9.47 Å². The van der Waals surface area contributed by atoms with Crippen molar-refractivity contribution in [3.63, 3.8) is 0 Å². The van der Waals surface area contributed by atoms with Crippen molar-refractivity contribution in [3.8, 4) is 0 Å². The zero-order valence-electron chi connectivity index (χ0n) is 13.1. The lowest BCUT2D eigenvalue weighted by Crippen LogP contribution is -2.12. The molecule has 0 saturated carbocycles. The lowest BCUT2D eigenvalue weighted by molar-refractivity contribution is 0.0465. The Labute approximate surface area is 119 Å². The Balaban J connectivity index is 3.11. The van der Waals surface area contributed by atoms with E-state index in [1.54, 1.807) is 0 Å². The van der Waals surface area contributed by atoms with Gasteiger partial charge in [0.25, 0.3) is 0 Å². The highest BCUT2D eigenvalue weighted by atomic mass is 16.7. The van der Waals surface area contributed by atoms with Crippen LogP contribution in [0.2, 0.25) is 0 Å². The highest BCUT2D eigenvalue weighted by Crippen LogP contribution is 2.09. The van der Waals surface area contributed by atoms with E-state index >= 15 is 0 Å². The van der Waals surface area contributed by atoms with Crippen LogP contribution in [-0.4, -0.2) is 19.4 Å². The van der Waals surface area contributed by atoms with E-state index < -0.39 is 6.16 Å². The van der Waals surface area contributed by atoms with E-state index in [9.17, 15) is 4.79 Å². The second kappa shape index (κ2) is 13.7.